The fourth-order valence-electron chi connectivity index (χ4n) is 1.13. The van der Waals surface area contributed by atoms with Crippen LogP contribution < -0.4 is 5.73 Å². The summed E-state index contributed by atoms with van der Waals surface area (Å²) in [5, 5.41) is 0.492. The maximum absolute atomic E-state index is 12.4. The number of nitrogens with zero attached hydrogens (tertiary/aromatic N) is 1. The summed E-state index contributed by atoms with van der Waals surface area (Å²) in [7, 11) is 0. The number of aromatic nitrogens is 1. The van der Waals surface area contributed by atoms with Gasteiger partial charge in [0.25, 0.3) is 0 Å². The van der Waals surface area contributed by atoms with Crippen LogP contribution in [0, 0.1) is 0 Å². The maximum Gasteiger partial charge on any atom is 0.181 e. The van der Waals surface area contributed by atoms with E-state index in [2.05, 4.69) is 4.98 Å². The number of nitrogens with two attached hydrogens (primary N) is 1. The number of thiazole rings is 1. The van der Waals surface area contributed by atoms with E-state index in [1.54, 1.807) is 6.07 Å². The standard InChI is InChI=1S/C8H7FN2S/c9-4-5-2-1-3-6-7(5)11-8(10)12-6/h1-3H,4H2,(H2,10,11). The van der Waals surface area contributed by atoms with Crippen molar-refractivity contribution in [3.05, 3.63) is 23.8 Å². The summed E-state index contributed by atoms with van der Waals surface area (Å²) in [6.45, 7) is -0.486. The van der Waals surface area contributed by atoms with Gasteiger partial charge in [-0.2, -0.15) is 0 Å². The first kappa shape index (κ1) is 7.49. The van der Waals surface area contributed by atoms with E-state index in [0.29, 0.717) is 16.2 Å². The number of halogens is 1. The SMILES string of the molecule is Nc1nc2c(CF)cccc2s1. The van der Waals surface area contributed by atoms with Crippen LogP contribution in [-0.4, -0.2) is 4.98 Å². The smallest absolute Gasteiger partial charge is 0.181 e. The summed E-state index contributed by atoms with van der Waals surface area (Å²) in [6, 6.07) is 5.43. The van der Waals surface area contributed by atoms with Gasteiger partial charge in [-0.05, 0) is 6.07 Å². The van der Waals surface area contributed by atoms with Gasteiger partial charge in [0, 0.05) is 5.56 Å². The van der Waals surface area contributed by atoms with Gasteiger partial charge in [-0.1, -0.05) is 23.5 Å². The van der Waals surface area contributed by atoms with Gasteiger partial charge in [0.05, 0.1) is 10.2 Å². The molecule has 0 amide bonds. The second-order valence-corrected chi connectivity index (χ2v) is 3.51. The van der Waals surface area contributed by atoms with Gasteiger partial charge in [-0.25, -0.2) is 9.37 Å². The van der Waals surface area contributed by atoms with Gasteiger partial charge in [0.15, 0.2) is 5.13 Å². The molecule has 0 aliphatic carbocycles. The van der Waals surface area contributed by atoms with E-state index in [9.17, 15) is 4.39 Å². The van der Waals surface area contributed by atoms with Gasteiger partial charge in [-0.3, -0.25) is 0 Å². The molecule has 1 aromatic carbocycles. The summed E-state index contributed by atoms with van der Waals surface area (Å²) in [5.74, 6) is 0. The molecule has 1 aromatic heterocycles. The molecule has 0 unspecified atom stereocenters. The number of benzene rings is 1. The Bertz CT molecular complexity index is 410. The molecule has 0 aliphatic rings. The normalized spacial score (nSPS) is 10.8. The zero-order chi connectivity index (χ0) is 8.55. The average Bonchev–Trinajstić information content (AvgIpc) is 2.44. The molecule has 0 radical (unpaired) electrons. The van der Waals surface area contributed by atoms with Crippen molar-refractivity contribution in [3.8, 4) is 0 Å². The number of alkyl halides is 1. The molecule has 0 bridgehead atoms. The first-order valence-electron chi connectivity index (χ1n) is 3.51. The second-order valence-electron chi connectivity index (χ2n) is 2.45. The lowest BCUT2D eigenvalue weighted by atomic mass is 10.2. The van der Waals surface area contributed by atoms with Crippen molar-refractivity contribution in [1.82, 2.24) is 4.98 Å². The number of nitrogen functional groups attached to an aromatic ring is 1. The predicted octanol–water partition coefficient (Wildman–Crippen LogP) is 2.35. The maximum atomic E-state index is 12.4. The van der Waals surface area contributed by atoms with E-state index >= 15 is 0 Å². The number of fused-ring (bicyclic) bond motifs is 1. The van der Waals surface area contributed by atoms with Crippen molar-refractivity contribution >= 4 is 26.7 Å². The van der Waals surface area contributed by atoms with E-state index in [0.717, 1.165) is 4.70 Å². The van der Waals surface area contributed by atoms with Crippen LogP contribution in [0.3, 0.4) is 0 Å². The van der Waals surface area contributed by atoms with Crippen LogP contribution in [-0.2, 0) is 6.67 Å². The highest BCUT2D eigenvalue weighted by Crippen LogP contribution is 2.26. The molecular weight excluding hydrogens is 175 g/mol. The lowest BCUT2D eigenvalue weighted by molar-refractivity contribution is 0.487. The van der Waals surface area contributed by atoms with Crippen LogP contribution in [0.4, 0.5) is 9.52 Å². The Balaban J connectivity index is 2.78. The van der Waals surface area contributed by atoms with Crippen LogP contribution in [0.15, 0.2) is 18.2 Å². The van der Waals surface area contributed by atoms with Crippen molar-refractivity contribution in [2.45, 2.75) is 6.67 Å². The fraction of sp³-hybridized carbons (Fsp3) is 0.125. The zero-order valence-corrected chi connectivity index (χ0v) is 7.07. The van der Waals surface area contributed by atoms with Gasteiger partial charge in [-0.15, -0.1) is 0 Å². The van der Waals surface area contributed by atoms with Crippen LogP contribution in [0.5, 0.6) is 0 Å². The highest BCUT2D eigenvalue weighted by Gasteiger charge is 2.04. The van der Waals surface area contributed by atoms with Crippen LogP contribution in [0.25, 0.3) is 10.2 Å². The van der Waals surface area contributed by atoms with Gasteiger partial charge in [0.1, 0.15) is 6.67 Å². The van der Waals surface area contributed by atoms with E-state index in [1.807, 2.05) is 12.1 Å². The molecule has 62 valence electrons. The molecule has 0 saturated heterocycles. The minimum Gasteiger partial charge on any atom is -0.375 e. The Morgan fingerprint density at radius 1 is 1.50 bits per heavy atom. The average molecular weight is 182 g/mol. The summed E-state index contributed by atoms with van der Waals surface area (Å²) in [4.78, 5) is 4.04. The van der Waals surface area contributed by atoms with Crippen molar-refractivity contribution in [2.24, 2.45) is 0 Å². The molecule has 0 saturated carbocycles. The predicted molar refractivity (Wildman–Crippen MR) is 48.8 cm³/mol. The molecule has 2 rings (SSSR count). The molecule has 1 heterocycles. The molecule has 0 atom stereocenters. The number of hydrogen-bond acceptors (Lipinski definition) is 3. The third-order valence-corrected chi connectivity index (χ3v) is 2.51. The molecule has 0 fully saturated rings. The lowest BCUT2D eigenvalue weighted by Crippen LogP contribution is -1.83. The Labute approximate surface area is 72.8 Å². The fourth-order valence-corrected chi connectivity index (χ4v) is 1.91. The van der Waals surface area contributed by atoms with Crippen molar-refractivity contribution < 1.29 is 4.39 Å². The van der Waals surface area contributed by atoms with Crippen LogP contribution in [0.1, 0.15) is 5.56 Å². The summed E-state index contributed by atoms with van der Waals surface area (Å²) in [6.07, 6.45) is 0. The number of para-hydroxylation sites is 1. The third-order valence-electron chi connectivity index (χ3n) is 1.66. The largest absolute Gasteiger partial charge is 0.375 e. The van der Waals surface area contributed by atoms with Crippen molar-refractivity contribution in [1.29, 1.82) is 0 Å². The highest BCUT2D eigenvalue weighted by atomic mass is 32.1. The zero-order valence-electron chi connectivity index (χ0n) is 6.25. The molecule has 4 heteroatoms. The number of hydrogen-bond donors (Lipinski definition) is 1. The minimum atomic E-state index is -0.486. The second kappa shape index (κ2) is 2.71. The third kappa shape index (κ3) is 1.04. The molecule has 2 N–H and O–H groups in total. The Morgan fingerprint density at radius 3 is 3.08 bits per heavy atom. The summed E-state index contributed by atoms with van der Waals surface area (Å²) >= 11 is 1.38. The topological polar surface area (TPSA) is 38.9 Å². The van der Waals surface area contributed by atoms with Crippen LogP contribution in [0.2, 0.25) is 0 Å². The number of rotatable bonds is 1. The van der Waals surface area contributed by atoms with Gasteiger partial charge < -0.3 is 5.73 Å². The van der Waals surface area contributed by atoms with E-state index < -0.39 is 6.67 Å². The molecule has 12 heavy (non-hydrogen) atoms. The molecular formula is C8H7FN2S. The van der Waals surface area contributed by atoms with Crippen LogP contribution >= 0.6 is 11.3 Å². The quantitative estimate of drug-likeness (QED) is 0.735. The first-order chi connectivity index (χ1) is 5.81. The van der Waals surface area contributed by atoms with Crippen molar-refractivity contribution in [3.63, 3.8) is 0 Å². The highest BCUT2D eigenvalue weighted by molar-refractivity contribution is 7.22. The summed E-state index contributed by atoms with van der Waals surface area (Å²) < 4.78 is 13.3. The Morgan fingerprint density at radius 2 is 2.33 bits per heavy atom. The number of anilines is 1. The van der Waals surface area contributed by atoms with E-state index in [4.69, 9.17) is 5.73 Å². The molecule has 2 aromatic rings. The molecule has 2 nitrogen and oxygen atoms in total. The Hall–Kier alpha value is -1.16. The van der Waals surface area contributed by atoms with Crippen molar-refractivity contribution in [2.75, 3.05) is 5.73 Å². The van der Waals surface area contributed by atoms with E-state index in [1.165, 1.54) is 11.3 Å². The minimum absolute atomic E-state index is 0.486. The molecule has 0 spiro atoms. The van der Waals surface area contributed by atoms with Gasteiger partial charge >= 0.3 is 0 Å². The lowest BCUT2D eigenvalue weighted by Gasteiger charge is -1.93. The van der Waals surface area contributed by atoms with Gasteiger partial charge in [0.2, 0.25) is 0 Å². The van der Waals surface area contributed by atoms with E-state index in [-0.39, 0.29) is 0 Å². The molecule has 0 aliphatic heterocycles. The first-order valence-corrected chi connectivity index (χ1v) is 4.33. The monoisotopic (exact) mass is 182 g/mol. The summed E-state index contributed by atoms with van der Waals surface area (Å²) in [5.41, 5.74) is 6.81. The Kier molecular flexibility index (Phi) is 1.69.